The first-order valence-electron chi connectivity index (χ1n) is 3.49. The first kappa shape index (κ1) is 8.21. The van der Waals surface area contributed by atoms with Crippen LogP contribution in [0.5, 0.6) is 0 Å². The van der Waals surface area contributed by atoms with Crippen LogP contribution in [0.4, 0.5) is 0 Å². The fraction of sp³-hybridized carbons (Fsp3) is 0.800. The fourth-order valence-electron chi connectivity index (χ4n) is 1.39. The Labute approximate surface area is 75.3 Å². The summed E-state index contributed by atoms with van der Waals surface area (Å²) in [6.45, 7) is 0. The summed E-state index contributed by atoms with van der Waals surface area (Å²) < 4.78 is 22.2. The Morgan fingerprint density at radius 3 is 3.00 bits per heavy atom. The summed E-state index contributed by atoms with van der Waals surface area (Å²) in [5.41, 5.74) is 2.45. The molecular formula is C5H8N2O3S2. The molecule has 0 aromatic carbocycles. The standard InChI is InChI=1S/C5H8N2O3S2/c8-12(9)1-3-4(2-12)10-7-5(11)6-3/h3-4H,1-2H2,(H2,6,7,11)/t3-,4+/m0/s1. The number of fused-ring (bicyclic) bond motifs is 1. The number of hydrogen-bond acceptors (Lipinski definition) is 4. The van der Waals surface area contributed by atoms with Gasteiger partial charge in [-0.1, -0.05) is 0 Å². The molecule has 2 saturated heterocycles. The average Bonchev–Trinajstić information content (AvgIpc) is 2.21. The Morgan fingerprint density at radius 2 is 2.25 bits per heavy atom. The molecule has 2 N–H and O–H groups in total. The van der Waals surface area contributed by atoms with Crippen LogP contribution in [0.15, 0.2) is 0 Å². The first-order valence-corrected chi connectivity index (χ1v) is 5.72. The summed E-state index contributed by atoms with van der Waals surface area (Å²) >= 11 is 4.76. The molecule has 0 aromatic heterocycles. The van der Waals surface area contributed by atoms with Gasteiger partial charge in [0.05, 0.1) is 17.5 Å². The number of nitrogens with one attached hydrogen (secondary N) is 2. The van der Waals surface area contributed by atoms with Crippen LogP contribution in [-0.2, 0) is 14.7 Å². The van der Waals surface area contributed by atoms with Crippen LogP contribution in [-0.4, -0.2) is 37.2 Å². The van der Waals surface area contributed by atoms with Crippen molar-refractivity contribution in [1.29, 1.82) is 0 Å². The molecule has 2 heterocycles. The number of sulfone groups is 1. The summed E-state index contributed by atoms with van der Waals surface area (Å²) in [6.07, 6.45) is -0.304. The topological polar surface area (TPSA) is 67.4 Å². The van der Waals surface area contributed by atoms with E-state index in [1.54, 1.807) is 0 Å². The third-order valence-electron chi connectivity index (χ3n) is 1.92. The van der Waals surface area contributed by atoms with E-state index in [0.29, 0.717) is 5.11 Å². The highest BCUT2D eigenvalue weighted by Gasteiger charge is 2.41. The molecular weight excluding hydrogens is 200 g/mol. The zero-order valence-electron chi connectivity index (χ0n) is 6.11. The van der Waals surface area contributed by atoms with Gasteiger partial charge in [-0.25, -0.2) is 13.9 Å². The maximum absolute atomic E-state index is 11.1. The van der Waals surface area contributed by atoms with Gasteiger partial charge in [0.1, 0.15) is 6.10 Å². The number of rotatable bonds is 0. The van der Waals surface area contributed by atoms with Crippen molar-refractivity contribution in [1.82, 2.24) is 10.8 Å². The normalized spacial score (nSPS) is 38.2. The minimum absolute atomic E-state index is 0.0697. The van der Waals surface area contributed by atoms with Crippen molar-refractivity contribution in [2.45, 2.75) is 12.1 Å². The molecule has 0 unspecified atom stereocenters. The molecule has 2 rings (SSSR count). The summed E-state index contributed by atoms with van der Waals surface area (Å²) in [4.78, 5) is 5.02. The third-order valence-corrected chi connectivity index (χ3v) is 3.82. The van der Waals surface area contributed by atoms with E-state index in [0.717, 1.165) is 0 Å². The maximum atomic E-state index is 11.1. The fourth-order valence-corrected chi connectivity index (χ4v) is 3.37. The molecule has 5 nitrogen and oxygen atoms in total. The monoisotopic (exact) mass is 208 g/mol. The molecule has 0 saturated carbocycles. The van der Waals surface area contributed by atoms with Gasteiger partial charge in [0.2, 0.25) is 0 Å². The lowest BCUT2D eigenvalue weighted by Gasteiger charge is -2.27. The molecule has 2 aliphatic heterocycles. The Kier molecular flexibility index (Phi) is 1.74. The van der Waals surface area contributed by atoms with E-state index in [4.69, 9.17) is 17.1 Å². The zero-order valence-corrected chi connectivity index (χ0v) is 7.74. The SMILES string of the molecule is O=S1(=O)C[C@@H]2NC(=S)NO[C@@H]2C1. The minimum atomic E-state index is -2.94. The van der Waals surface area contributed by atoms with Crippen molar-refractivity contribution in [2.24, 2.45) is 0 Å². The summed E-state index contributed by atoms with van der Waals surface area (Å²) in [7, 11) is -2.94. The van der Waals surface area contributed by atoms with Crippen LogP contribution < -0.4 is 10.8 Å². The summed E-state index contributed by atoms with van der Waals surface area (Å²) in [5, 5.41) is 3.21. The molecule has 68 valence electrons. The zero-order chi connectivity index (χ0) is 8.77. The number of thiocarbonyl (C=S) groups is 1. The number of hydroxylamine groups is 1. The van der Waals surface area contributed by atoms with Crippen molar-refractivity contribution < 1.29 is 13.3 Å². The molecule has 0 spiro atoms. The van der Waals surface area contributed by atoms with Gasteiger partial charge in [-0.2, -0.15) is 0 Å². The van der Waals surface area contributed by atoms with Gasteiger partial charge >= 0.3 is 0 Å². The lowest BCUT2D eigenvalue weighted by Crippen LogP contribution is -2.55. The predicted molar refractivity (Wildman–Crippen MR) is 46.2 cm³/mol. The summed E-state index contributed by atoms with van der Waals surface area (Å²) in [6, 6.07) is -0.177. The van der Waals surface area contributed by atoms with Gasteiger partial charge in [-0.3, -0.25) is 4.84 Å². The van der Waals surface area contributed by atoms with Crippen molar-refractivity contribution in [3.05, 3.63) is 0 Å². The van der Waals surface area contributed by atoms with Gasteiger partial charge < -0.3 is 5.32 Å². The molecule has 0 amide bonds. The van der Waals surface area contributed by atoms with Gasteiger partial charge in [-0.05, 0) is 12.2 Å². The molecule has 0 radical (unpaired) electrons. The van der Waals surface area contributed by atoms with E-state index in [2.05, 4.69) is 10.8 Å². The molecule has 0 bridgehead atoms. The average molecular weight is 208 g/mol. The molecule has 0 aliphatic carbocycles. The van der Waals surface area contributed by atoms with Crippen LogP contribution in [0.1, 0.15) is 0 Å². The second-order valence-electron chi connectivity index (χ2n) is 2.92. The van der Waals surface area contributed by atoms with E-state index in [-0.39, 0.29) is 23.7 Å². The molecule has 0 aromatic rings. The Morgan fingerprint density at radius 1 is 1.50 bits per heavy atom. The second-order valence-corrected chi connectivity index (χ2v) is 5.48. The van der Waals surface area contributed by atoms with E-state index >= 15 is 0 Å². The molecule has 2 atom stereocenters. The quantitative estimate of drug-likeness (QED) is 0.475. The van der Waals surface area contributed by atoms with Crippen molar-refractivity contribution in [2.75, 3.05) is 11.5 Å². The second kappa shape index (κ2) is 2.54. The highest BCUT2D eigenvalue weighted by molar-refractivity contribution is 7.91. The van der Waals surface area contributed by atoms with Gasteiger partial charge in [0.25, 0.3) is 0 Å². The Hall–Kier alpha value is -0.400. The van der Waals surface area contributed by atoms with Crippen molar-refractivity contribution in [3.63, 3.8) is 0 Å². The van der Waals surface area contributed by atoms with E-state index in [9.17, 15) is 8.42 Å². The number of hydrogen-bond donors (Lipinski definition) is 2. The highest BCUT2D eigenvalue weighted by Crippen LogP contribution is 2.16. The van der Waals surface area contributed by atoms with E-state index in [1.807, 2.05) is 0 Å². The largest absolute Gasteiger partial charge is 0.355 e. The maximum Gasteiger partial charge on any atom is 0.190 e. The molecule has 7 heteroatoms. The minimum Gasteiger partial charge on any atom is -0.355 e. The van der Waals surface area contributed by atoms with Gasteiger partial charge in [0.15, 0.2) is 14.9 Å². The van der Waals surface area contributed by atoms with Gasteiger partial charge in [-0.15, -0.1) is 0 Å². The van der Waals surface area contributed by atoms with Crippen LogP contribution in [0, 0.1) is 0 Å². The predicted octanol–water partition coefficient (Wildman–Crippen LogP) is -1.44. The molecule has 2 aliphatic rings. The van der Waals surface area contributed by atoms with E-state index in [1.165, 1.54) is 0 Å². The Bertz CT molecular complexity index is 313. The van der Waals surface area contributed by atoms with Gasteiger partial charge in [0, 0.05) is 0 Å². The first-order chi connectivity index (χ1) is 5.57. The van der Waals surface area contributed by atoms with Crippen molar-refractivity contribution in [3.8, 4) is 0 Å². The summed E-state index contributed by atoms with van der Waals surface area (Å²) in [5.74, 6) is 0.180. The molecule has 12 heavy (non-hydrogen) atoms. The Balaban J connectivity index is 2.17. The van der Waals surface area contributed by atoms with Crippen LogP contribution >= 0.6 is 12.2 Å². The van der Waals surface area contributed by atoms with Crippen LogP contribution in [0.3, 0.4) is 0 Å². The van der Waals surface area contributed by atoms with Crippen LogP contribution in [0.25, 0.3) is 0 Å². The van der Waals surface area contributed by atoms with E-state index < -0.39 is 9.84 Å². The smallest absolute Gasteiger partial charge is 0.190 e. The lowest BCUT2D eigenvalue weighted by atomic mass is 10.2. The highest BCUT2D eigenvalue weighted by atomic mass is 32.2. The third kappa shape index (κ3) is 1.39. The van der Waals surface area contributed by atoms with Crippen molar-refractivity contribution >= 4 is 27.2 Å². The van der Waals surface area contributed by atoms with Crippen LogP contribution in [0.2, 0.25) is 0 Å². The lowest BCUT2D eigenvalue weighted by molar-refractivity contribution is -0.00413. The molecule has 2 fully saturated rings.